The number of nitro groups is 1. The number of nitriles is 1. The van der Waals surface area contributed by atoms with Gasteiger partial charge in [0, 0.05) is 22.8 Å². The summed E-state index contributed by atoms with van der Waals surface area (Å²) in [5.41, 5.74) is 3.07. The van der Waals surface area contributed by atoms with Crippen LogP contribution in [0.1, 0.15) is 16.7 Å². The largest absolute Gasteiger partial charge is 0.483 e. The van der Waals surface area contributed by atoms with Crippen molar-refractivity contribution in [1.29, 1.82) is 5.26 Å². The van der Waals surface area contributed by atoms with Crippen molar-refractivity contribution >= 4 is 56.5 Å². The average molecular weight is 527 g/mol. The minimum absolute atomic E-state index is 0.0465. The number of hydrogen-bond acceptors (Lipinski definition) is 5. The molecule has 1 N–H and O–H groups in total. The number of ether oxygens (including phenoxy) is 1. The number of carbonyl (C=O) groups is 1. The molecule has 0 saturated carbocycles. The highest BCUT2D eigenvalue weighted by Gasteiger charge is 2.10. The molecule has 0 radical (unpaired) electrons. The summed E-state index contributed by atoms with van der Waals surface area (Å²) >= 11 is 9.48. The Balaban J connectivity index is 1.67. The van der Waals surface area contributed by atoms with Crippen LogP contribution in [0.15, 0.2) is 65.1 Å². The smallest absolute Gasteiger partial charge is 0.269 e. The average Bonchev–Trinajstić information content (AvgIpc) is 2.79. The number of benzene rings is 3. The molecule has 0 aliphatic rings. The zero-order valence-corrected chi connectivity index (χ0v) is 19.7. The zero-order valence-electron chi connectivity index (χ0n) is 17.3. The van der Waals surface area contributed by atoms with E-state index < -0.39 is 4.92 Å². The van der Waals surface area contributed by atoms with Gasteiger partial charge in [0.05, 0.1) is 21.0 Å². The van der Waals surface area contributed by atoms with Gasteiger partial charge < -0.3 is 10.1 Å². The van der Waals surface area contributed by atoms with Crippen molar-refractivity contribution in [3.05, 3.63) is 97.0 Å². The Labute approximate surface area is 203 Å². The molecule has 166 valence electrons. The molecule has 0 spiro atoms. The Morgan fingerprint density at radius 3 is 2.55 bits per heavy atom. The Bertz CT molecular complexity index is 1280. The summed E-state index contributed by atoms with van der Waals surface area (Å²) in [5, 5.41) is 23.6. The molecule has 0 heterocycles. The third-order valence-electron chi connectivity index (χ3n) is 4.59. The number of amides is 1. The van der Waals surface area contributed by atoms with E-state index in [0.29, 0.717) is 37.6 Å². The summed E-state index contributed by atoms with van der Waals surface area (Å²) in [5.74, 6) is 0.119. The van der Waals surface area contributed by atoms with E-state index in [1.807, 2.05) is 13.0 Å². The summed E-state index contributed by atoms with van der Waals surface area (Å²) in [6, 6.07) is 18.3. The fourth-order valence-corrected chi connectivity index (χ4v) is 3.54. The van der Waals surface area contributed by atoms with E-state index in [-0.39, 0.29) is 18.2 Å². The maximum Gasteiger partial charge on any atom is 0.269 e. The van der Waals surface area contributed by atoms with Gasteiger partial charge in [-0.2, -0.15) is 5.26 Å². The topological polar surface area (TPSA) is 105 Å². The first-order chi connectivity index (χ1) is 15.8. The lowest BCUT2D eigenvalue weighted by Crippen LogP contribution is -2.20. The lowest BCUT2D eigenvalue weighted by molar-refractivity contribution is -0.384. The van der Waals surface area contributed by atoms with Crippen LogP contribution in [0.2, 0.25) is 5.02 Å². The van der Waals surface area contributed by atoms with Gasteiger partial charge >= 0.3 is 0 Å². The third kappa shape index (κ3) is 6.42. The van der Waals surface area contributed by atoms with Crippen LogP contribution in [0.3, 0.4) is 0 Å². The van der Waals surface area contributed by atoms with E-state index in [9.17, 15) is 20.2 Å². The number of non-ortho nitro benzene ring substituents is 1. The number of carbonyl (C=O) groups excluding carboxylic acids is 1. The number of rotatable bonds is 7. The first-order valence-corrected chi connectivity index (χ1v) is 10.8. The highest BCUT2D eigenvalue weighted by Crippen LogP contribution is 2.28. The maximum absolute atomic E-state index is 12.2. The molecule has 0 fully saturated rings. The lowest BCUT2D eigenvalue weighted by Gasteiger charge is -2.10. The van der Waals surface area contributed by atoms with Crippen molar-refractivity contribution in [3.63, 3.8) is 0 Å². The molecule has 0 saturated heterocycles. The molecule has 0 aliphatic heterocycles. The molecule has 0 aromatic heterocycles. The van der Waals surface area contributed by atoms with Gasteiger partial charge in [-0.1, -0.05) is 23.7 Å². The van der Waals surface area contributed by atoms with Crippen molar-refractivity contribution < 1.29 is 14.5 Å². The molecule has 1 amide bonds. The molecule has 0 atom stereocenters. The summed E-state index contributed by atoms with van der Waals surface area (Å²) in [4.78, 5) is 22.5. The Kier molecular flexibility index (Phi) is 7.83. The SMILES string of the molecule is Cc1ccc(NC(=O)COc2ccc(/C=C(\C#N)c3ccc([N+](=O)[O-])cc3)cc2Br)cc1Cl. The highest BCUT2D eigenvalue weighted by atomic mass is 79.9. The van der Waals surface area contributed by atoms with Crippen molar-refractivity contribution in [1.82, 2.24) is 0 Å². The van der Waals surface area contributed by atoms with E-state index in [0.717, 1.165) is 5.56 Å². The van der Waals surface area contributed by atoms with Gasteiger partial charge in [-0.15, -0.1) is 0 Å². The molecule has 0 aliphatic carbocycles. The Morgan fingerprint density at radius 1 is 1.21 bits per heavy atom. The van der Waals surface area contributed by atoms with Crippen LogP contribution in [0.25, 0.3) is 11.6 Å². The van der Waals surface area contributed by atoms with E-state index in [1.54, 1.807) is 36.4 Å². The lowest BCUT2D eigenvalue weighted by atomic mass is 10.0. The number of hydrogen-bond donors (Lipinski definition) is 1. The number of aryl methyl sites for hydroxylation is 1. The Hall–Kier alpha value is -3.67. The van der Waals surface area contributed by atoms with E-state index in [1.165, 1.54) is 24.3 Å². The van der Waals surface area contributed by atoms with Crippen molar-refractivity contribution in [2.45, 2.75) is 6.92 Å². The normalized spacial score (nSPS) is 10.9. The predicted octanol–water partition coefficient (Wildman–Crippen LogP) is 6.40. The molecule has 3 aromatic rings. The fraction of sp³-hybridized carbons (Fsp3) is 0.0833. The molecule has 9 heteroatoms. The number of nitrogens with one attached hydrogen (secondary N) is 1. The number of halogens is 2. The molecule has 3 rings (SSSR count). The summed E-state index contributed by atoms with van der Waals surface area (Å²) in [6.45, 7) is 1.67. The molecule has 3 aromatic carbocycles. The van der Waals surface area contributed by atoms with Gasteiger partial charge in [-0.25, -0.2) is 0 Å². The highest BCUT2D eigenvalue weighted by molar-refractivity contribution is 9.10. The molecular formula is C24H17BrClN3O4. The van der Waals surface area contributed by atoms with Crippen LogP contribution in [0, 0.1) is 28.4 Å². The van der Waals surface area contributed by atoms with Gasteiger partial charge in [-0.3, -0.25) is 14.9 Å². The van der Waals surface area contributed by atoms with Crippen LogP contribution in [0.5, 0.6) is 5.75 Å². The van der Waals surface area contributed by atoms with Crippen molar-refractivity contribution in [2.75, 3.05) is 11.9 Å². The quantitative estimate of drug-likeness (QED) is 0.166. The number of allylic oxidation sites excluding steroid dienone is 1. The second-order valence-corrected chi connectivity index (χ2v) is 8.23. The third-order valence-corrected chi connectivity index (χ3v) is 5.62. The first-order valence-electron chi connectivity index (χ1n) is 9.62. The minimum atomic E-state index is -0.494. The van der Waals surface area contributed by atoms with Crippen molar-refractivity contribution in [3.8, 4) is 11.8 Å². The van der Waals surface area contributed by atoms with Gasteiger partial charge in [0.1, 0.15) is 5.75 Å². The summed E-state index contributed by atoms with van der Waals surface area (Å²) in [7, 11) is 0. The number of nitrogens with zero attached hydrogens (tertiary/aromatic N) is 2. The zero-order chi connectivity index (χ0) is 24.0. The van der Waals surface area contributed by atoms with E-state index in [4.69, 9.17) is 16.3 Å². The van der Waals surface area contributed by atoms with Crippen LogP contribution in [-0.2, 0) is 4.79 Å². The second kappa shape index (κ2) is 10.8. The monoisotopic (exact) mass is 525 g/mol. The molecule has 33 heavy (non-hydrogen) atoms. The molecule has 0 bridgehead atoms. The number of anilines is 1. The fourth-order valence-electron chi connectivity index (χ4n) is 2.84. The van der Waals surface area contributed by atoms with Crippen LogP contribution < -0.4 is 10.1 Å². The number of nitro benzene ring substituents is 1. The summed E-state index contributed by atoms with van der Waals surface area (Å²) in [6.07, 6.45) is 1.66. The maximum atomic E-state index is 12.2. The first kappa shape index (κ1) is 24.0. The molecule has 0 unspecified atom stereocenters. The van der Waals surface area contributed by atoms with Crippen LogP contribution in [-0.4, -0.2) is 17.4 Å². The van der Waals surface area contributed by atoms with Crippen LogP contribution >= 0.6 is 27.5 Å². The predicted molar refractivity (Wildman–Crippen MR) is 131 cm³/mol. The standard InChI is InChI=1S/C24H17BrClN3O4/c1-15-2-6-19(12-22(15)26)28-24(30)14-33-23-9-3-16(11-21(23)25)10-18(13-27)17-4-7-20(8-5-17)29(31)32/h2-12H,14H2,1H3,(H,28,30)/b18-10+. The molecule has 7 nitrogen and oxygen atoms in total. The van der Waals surface area contributed by atoms with Gasteiger partial charge in [-0.05, 0) is 82.0 Å². The van der Waals surface area contributed by atoms with Crippen LogP contribution in [0.4, 0.5) is 11.4 Å². The van der Waals surface area contributed by atoms with E-state index >= 15 is 0 Å². The van der Waals surface area contributed by atoms with Gasteiger partial charge in [0.2, 0.25) is 0 Å². The van der Waals surface area contributed by atoms with E-state index in [2.05, 4.69) is 27.3 Å². The molecular weight excluding hydrogens is 510 g/mol. The second-order valence-electron chi connectivity index (χ2n) is 6.96. The van der Waals surface area contributed by atoms with Gasteiger partial charge in [0.25, 0.3) is 11.6 Å². The van der Waals surface area contributed by atoms with Crippen molar-refractivity contribution in [2.24, 2.45) is 0 Å². The summed E-state index contributed by atoms with van der Waals surface area (Å²) < 4.78 is 6.19. The van der Waals surface area contributed by atoms with Gasteiger partial charge in [0.15, 0.2) is 6.61 Å². The Morgan fingerprint density at radius 2 is 1.94 bits per heavy atom. The minimum Gasteiger partial charge on any atom is -0.483 e.